The van der Waals surface area contributed by atoms with E-state index >= 15 is 0 Å². The number of thioether (sulfide) groups is 1. The van der Waals surface area contributed by atoms with E-state index in [1.165, 1.54) is 17.3 Å². The van der Waals surface area contributed by atoms with Gasteiger partial charge in [-0.15, -0.1) is 0 Å². The third-order valence-electron chi connectivity index (χ3n) is 4.53. The van der Waals surface area contributed by atoms with Gasteiger partial charge < -0.3 is 10.1 Å². The highest BCUT2D eigenvalue weighted by atomic mass is 32.2. The van der Waals surface area contributed by atoms with Crippen LogP contribution in [-0.2, 0) is 4.79 Å². The summed E-state index contributed by atoms with van der Waals surface area (Å²) < 4.78 is 7.18. The highest BCUT2D eigenvalue weighted by Crippen LogP contribution is 2.28. The van der Waals surface area contributed by atoms with Crippen LogP contribution in [0.4, 0.5) is 5.69 Å². The Morgan fingerprint density at radius 1 is 1.14 bits per heavy atom. The van der Waals surface area contributed by atoms with Crippen molar-refractivity contribution in [2.24, 2.45) is 0 Å². The molecule has 1 aromatic heterocycles. The minimum absolute atomic E-state index is 0.0377. The average molecular weight is 396 g/mol. The van der Waals surface area contributed by atoms with Crippen LogP contribution in [0.2, 0.25) is 0 Å². The molecule has 0 saturated heterocycles. The second-order valence-corrected chi connectivity index (χ2v) is 8.11. The third-order valence-corrected chi connectivity index (χ3v) is 5.61. The van der Waals surface area contributed by atoms with Gasteiger partial charge in [-0.1, -0.05) is 29.5 Å². The maximum absolute atomic E-state index is 12.8. The summed E-state index contributed by atoms with van der Waals surface area (Å²) in [5, 5.41) is 3.56. The molecule has 2 aromatic carbocycles. The van der Waals surface area contributed by atoms with Crippen LogP contribution >= 0.6 is 11.8 Å². The molecule has 5 nitrogen and oxygen atoms in total. The molecule has 3 aromatic rings. The van der Waals surface area contributed by atoms with Crippen LogP contribution in [-0.4, -0.2) is 27.8 Å². The Balaban J connectivity index is 1.74. The summed E-state index contributed by atoms with van der Waals surface area (Å²) in [6.07, 6.45) is 3.63. The van der Waals surface area contributed by atoms with Crippen molar-refractivity contribution in [3.63, 3.8) is 0 Å². The monoisotopic (exact) mass is 395 g/mol. The predicted molar refractivity (Wildman–Crippen MR) is 115 cm³/mol. The fourth-order valence-electron chi connectivity index (χ4n) is 3.13. The molecule has 6 heteroatoms. The Hall–Kier alpha value is -2.73. The van der Waals surface area contributed by atoms with Gasteiger partial charge in [0.2, 0.25) is 5.91 Å². The minimum atomic E-state index is -0.292. The Labute approximate surface area is 170 Å². The van der Waals surface area contributed by atoms with E-state index in [0.717, 1.165) is 33.4 Å². The second-order valence-electron chi connectivity index (χ2n) is 6.80. The normalized spacial score (nSPS) is 11.9. The number of nitrogens with one attached hydrogen (secondary N) is 1. The first-order valence-corrected chi connectivity index (χ1v) is 10.00. The smallest absolute Gasteiger partial charge is 0.237 e. The molecule has 0 aliphatic carbocycles. The minimum Gasteiger partial charge on any atom is -0.497 e. The molecule has 1 heterocycles. The fourth-order valence-corrected chi connectivity index (χ4v) is 4.01. The van der Waals surface area contributed by atoms with Crippen molar-refractivity contribution in [1.29, 1.82) is 0 Å². The standard InChI is InChI=1S/C22H25N3O2S/c1-14-12-15(2)20(16(3)13-14)24-21(26)17(4)28-22-23-10-11-25(22)18-6-8-19(27-5)9-7-18/h6-13,17H,1-5H3,(H,24,26). The first-order valence-electron chi connectivity index (χ1n) is 9.12. The number of aromatic nitrogens is 2. The number of amides is 1. The van der Waals surface area contributed by atoms with Gasteiger partial charge in [-0.3, -0.25) is 9.36 Å². The number of methoxy groups -OCH3 is 1. The quantitative estimate of drug-likeness (QED) is 0.602. The lowest BCUT2D eigenvalue weighted by Crippen LogP contribution is -2.23. The highest BCUT2D eigenvalue weighted by Gasteiger charge is 2.19. The number of hydrogen-bond acceptors (Lipinski definition) is 4. The predicted octanol–water partition coefficient (Wildman–Crippen LogP) is 4.93. The molecule has 1 amide bonds. The maximum atomic E-state index is 12.8. The molecule has 0 saturated carbocycles. The van der Waals surface area contributed by atoms with Crippen molar-refractivity contribution >= 4 is 23.4 Å². The number of ether oxygens (including phenoxy) is 1. The first kappa shape index (κ1) is 20.0. The molecular formula is C22H25N3O2S. The van der Waals surface area contributed by atoms with Crippen LogP contribution in [0.25, 0.3) is 5.69 Å². The molecule has 3 rings (SSSR count). The SMILES string of the molecule is COc1ccc(-n2ccnc2SC(C)C(=O)Nc2c(C)cc(C)cc2C)cc1. The van der Waals surface area contributed by atoms with Crippen LogP contribution in [0.15, 0.2) is 53.9 Å². The molecule has 0 aliphatic heterocycles. The number of hydrogen-bond donors (Lipinski definition) is 1. The molecule has 0 aliphatic rings. The second kappa shape index (κ2) is 8.52. The molecule has 0 radical (unpaired) electrons. The zero-order valence-electron chi connectivity index (χ0n) is 16.8. The summed E-state index contributed by atoms with van der Waals surface area (Å²) in [5.74, 6) is 0.763. The third kappa shape index (κ3) is 4.39. The number of carbonyl (C=O) groups excluding carboxylic acids is 1. The molecule has 0 fully saturated rings. The van der Waals surface area contributed by atoms with Crippen molar-refractivity contribution < 1.29 is 9.53 Å². The average Bonchev–Trinajstić information content (AvgIpc) is 3.12. The number of imidazole rings is 1. The molecule has 28 heavy (non-hydrogen) atoms. The molecule has 0 spiro atoms. The lowest BCUT2D eigenvalue weighted by atomic mass is 10.1. The Morgan fingerprint density at radius 2 is 1.79 bits per heavy atom. The number of rotatable bonds is 6. The molecule has 0 bridgehead atoms. The summed E-state index contributed by atoms with van der Waals surface area (Å²) in [4.78, 5) is 17.2. The van der Waals surface area contributed by atoms with Crippen molar-refractivity contribution in [3.8, 4) is 11.4 Å². The molecule has 1 unspecified atom stereocenters. The number of nitrogens with zero attached hydrogens (tertiary/aromatic N) is 2. The van der Waals surface area contributed by atoms with Gasteiger partial charge >= 0.3 is 0 Å². The first-order chi connectivity index (χ1) is 13.4. The van der Waals surface area contributed by atoms with E-state index in [1.807, 2.05) is 55.8 Å². The number of benzene rings is 2. The van der Waals surface area contributed by atoms with Gasteiger partial charge in [-0.05, 0) is 63.1 Å². The van der Waals surface area contributed by atoms with Crippen molar-refractivity contribution in [3.05, 3.63) is 65.5 Å². The van der Waals surface area contributed by atoms with Gasteiger partial charge in [-0.25, -0.2) is 4.98 Å². The molecule has 146 valence electrons. The van der Waals surface area contributed by atoms with Crippen molar-refractivity contribution in [1.82, 2.24) is 9.55 Å². The van der Waals surface area contributed by atoms with E-state index in [4.69, 9.17) is 4.74 Å². The largest absolute Gasteiger partial charge is 0.497 e. The van der Waals surface area contributed by atoms with Gasteiger partial charge in [0.05, 0.1) is 12.4 Å². The van der Waals surface area contributed by atoms with Gasteiger partial charge in [0.25, 0.3) is 0 Å². The number of carbonyl (C=O) groups is 1. The van der Waals surface area contributed by atoms with Crippen LogP contribution in [0.5, 0.6) is 5.75 Å². The van der Waals surface area contributed by atoms with Crippen LogP contribution < -0.4 is 10.1 Å². The summed E-state index contributed by atoms with van der Waals surface area (Å²) >= 11 is 1.43. The van der Waals surface area contributed by atoms with Crippen LogP contribution in [0.3, 0.4) is 0 Å². The van der Waals surface area contributed by atoms with Gasteiger partial charge in [-0.2, -0.15) is 0 Å². The van der Waals surface area contributed by atoms with E-state index < -0.39 is 0 Å². The van der Waals surface area contributed by atoms with E-state index in [0.29, 0.717) is 0 Å². The zero-order valence-corrected chi connectivity index (χ0v) is 17.6. The van der Waals surface area contributed by atoms with E-state index in [2.05, 4.69) is 29.4 Å². The lowest BCUT2D eigenvalue weighted by molar-refractivity contribution is -0.115. The summed E-state index contributed by atoms with van der Waals surface area (Å²) in [6, 6.07) is 11.9. The summed E-state index contributed by atoms with van der Waals surface area (Å²) in [5.41, 5.74) is 5.20. The Bertz CT molecular complexity index is 957. The summed E-state index contributed by atoms with van der Waals surface area (Å²) in [7, 11) is 1.64. The van der Waals surface area contributed by atoms with Gasteiger partial charge in [0.15, 0.2) is 5.16 Å². The zero-order chi connectivity index (χ0) is 20.3. The van der Waals surface area contributed by atoms with Crippen molar-refractivity contribution in [2.45, 2.75) is 38.1 Å². The highest BCUT2D eigenvalue weighted by molar-refractivity contribution is 8.00. The Kier molecular flexibility index (Phi) is 6.09. The van der Waals surface area contributed by atoms with Crippen molar-refractivity contribution in [2.75, 3.05) is 12.4 Å². The maximum Gasteiger partial charge on any atom is 0.237 e. The fraction of sp³-hybridized carbons (Fsp3) is 0.273. The number of anilines is 1. The van der Waals surface area contributed by atoms with E-state index in [9.17, 15) is 4.79 Å². The number of aryl methyl sites for hydroxylation is 3. The van der Waals surface area contributed by atoms with E-state index in [1.54, 1.807) is 13.3 Å². The van der Waals surface area contributed by atoms with Gasteiger partial charge in [0, 0.05) is 23.8 Å². The lowest BCUT2D eigenvalue weighted by Gasteiger charge is -2.16. The Morgan fingerprint density at radius 3 is 2.39 bits per heavy atom. The topological polar surface area (TPSA) is 56.2 Å². The molecule has 1 atom stereocenters. The molecule has 1 N–H and O–H groups in total. The van der Waals surface area contributed by atoms with Gasteiger partial charge in [0.1, 0.15) is 5.75 Å². The summed E-state index contributed by atoms with van der Waals surface area (Å²) in [6.45, 7) is 7.99. The molecular weight excluding hydrogens is 370 g/mol. The van der Waals surface area contributed by atoms with E-state index in [-0.39, 0.29) is 11.2 Å². The van der Waals surface area contributed by atoms with Crippen LogP contribution in [0.1, 0.15) is 23.6 Å². The van der Waals surface area contributed by atoms with Crippen LogP contribution in [0, 0.1) is 20.8 Å².